The van der Waals surface area contributed by atoms with Gasteiger partial charge in [0.1, 0.15) is 23.7 Å². The van der Waals surface area contributed by atoms with Gasteiger partial charge in [0.2, 0.25) is 0 Å². The van der Waals surface area contributed by atoms with Gasteiger partial charge < -0.3 is 13.9 Å². The monoisotopic (exact) mass is 400 g/mol. The van der Waals surface area contributed by atoms with Crippen LogP contribution < -0.4 is 15.1 Å². The Bertz CT molecular complexity index is 1240. The molecule has 0 amide bonds. The maximum absolute atomic E-state index is 12.7. The number of fused-ring (bicyclic) bond motifs is 1. The van der Waals surface area contributed by atoms with Gasteiger partial charge in [-0.25, -0.2) is 4.79 Å². The molecule has 0 N–H and O–H groups in total. The van der Waals surface area contributed by atoms with E-state index in [4.69, 9.17) is 13.9 Å². The quantitative estimate of drug-likeness (QED) is 0.396. The second-order valence-electron chi connectivity index (χ2n) is 7.43. The summed E-state index contributed by atoms with van der Waals surface area (Å²) in [5.74, 6) is 1.50. The molecule has 0 aliphatic heterocycles. The third kappa shape index (κ3) is 4.08. The number of hydrogen-bond acceptors (Lipinski definition) is 4. The zero-order chi connectivity index (χ0) is 21.1. The molecule has 3 aromatic carbocycles. The predicted molar refractivity (Wildman–Crippen MR) is 119 cm³/mol. The first-order valence-electron chi connectivity index (χ1n) is 9.91. The Hall–Kier alpha value is -3.53. The van der Waals surface area contributed by atoms with Gasteiger partial charge in [0.15, 0.2) is 0 Å². The van der Waals surface area contributed by atoms with Crippen molar-refractivity contribution in [1.29, 1.82) is 0 Å². The first kappa shape index (κ1) is 19.8. The number of methoxy groups -OCH3 is 1. The third-order valence-corrected chi connectivity index (χ3v) is 5.24. The van der Waals surface area contributed by atoms with Crippen LogP contribution in [-0.2, 0) is 13.0 Å². The molecule has 0 atom stereocenters. The molecule has 0 unspecified atom stereocenters. The van der Waals surface area contributed by atoms with Gasteiger partial charge in [-0.2, -0.15) is 0 Å². The van der Waals surface area contributed by atoms with Gasteiger partial charge in [-0.3, -0.25) is 0 Å². The Morgan fingerprint density at radius 3 is 2.43 bits per heavy atom. The molecular formula is C26H24O4. The lowest BCUT2D eigenvalue weighted by Gasteiger charge is -2.14. The van der Waals surface area contributed by atoms with E-state index < -0.39 is 0 Å². The largest absolute Gasteiger partial charge is 0.497 e. The molecule has 152 valence electrons. The number of ether oxygens (including phenoxy) is 2. The van der Waals surface area contributed by atoms with Crippen molar-refractivity contribution >= 4 is 11.0 Å². The van der Waals surface area contributed by atoms with E-state index in [2.05, 4.69) is 0 Å². The molecule has 0 saturated carbocycles. The van der Waals surface area contributed by atoms with Crippen LogP contribution in [0.4, 0.5) is 0 Å². The Labute approximate surface area is 175 Å². The SMILES string of the molecule is COc1cccc(COc2cc(C)cc3oc(=O)c(Cc4ccccc4)c(C)c23)c1. The fourth-order valence-electron chi connectivity index (χ4n) is 3.68. The summed E-state index contributed by atoms with van der Waals surface area (Å²) < 4.78 is 17.2. The first-order valence-corrected chi connectivity index (χ1v) is 9.91. The summed E-state index contributed by atoms with van der Waals surface area (Å²) in [5, 5.41) is 0.842. The molecule has 1 heterocycles. The molecule has 30 heavy (non-hydrogen) atoms. The molecule has 4 aromatic rings. The molecule has 0 radical (unpaired) electrons. The maximum atomic E-state index is 12.7. The number of hydrogen-bond donors (Lipinski definition) is 0. The molecule has 0 fully saturated rings. The van der Waals surface area contributed by atoms with Gasteiger partial charge in [0, 0.05) is 12.0 Å². The third-order valence-electron chi connectivity index (χ3n) is 5.24. The molecule has 4 rings (SSSR count). The highest BCUT2D eigenvalue weighted by atomic mass is 16.5. The molecule has 0 spiro atoms. The molecular weight excluding hydrogens is 376 g/mol. The van der Waals surface area contributed by atoms with E-state index in [-0.39, 0.29) is 5.63 Å². The first-order chi connectivity index (χ1) is 14.5. The minimum absolute atomic E-state index is 0.298. The van der Waals surface area contributed by atoms with Crippen molar-refractivity contribution in [1.82, 2.24) is 0 Å². The lowest BCUT2D eigenvalue weighted by Crippen LogP contribution is -2.11. The maximum Gasteiger partial charge on any atom is 0.340 e. The lowest BCUT2D eigenvalue weighted by molar-refractivity contribution is 0.308. The molecule has 4 nitrogen and oxygen atoms in total. The lowest BCUT2D eigenvalue weighted by atomic mass is 9.98. The van der Waals surface area contributed by atoms with Gasteiger partial charge in [-0.05, 0) is 60.4 Å². The van der Waals surface area contributed by atoms with Crippen LogP contribution in [0.3, 0.4) is 0 Å². The van der Waals surface area contributed by atoms with Crippen molar-refractivity contribution in [2.24, 2.45) is 0 Å². The van der Waals surface area contributed by atoms with Crippen molar-refractivity contribution < 1.29 is 13.9 Å². The number of rotatable bonds is 6. The Balaban J connectivity index is 1.75. The fraction of sp³-hybridized carbons (Fsp3) is 0.192. The van der Waals surface area contributed by atoms with E-state index >= 15 is 0 Å². The molecule has 1 aromatic heterocycles. The van der Waals surface area contributed by atoms with Gasteiger partial charge >= 0.3 is 5.63 Å². The van der Waals surface area contributed by atoms with Crippen LogP contribution in [0, 0.1) is 13.8 Å². The number of benzene rings is 3. The van der Waals surface area contributed by atoms with Gasteiger partial charge in [0.25, 0.3) is 0 Å². The van der Waals surface area contributed by atoms with Gasteiger partial charge in [-0.15, -0.1) is 0 Å². The highest BCUT2D eigenvalue weighted by Gasteiger charge is 2.16. The van der Waals surface area contributed by atoms with Gasteiger partial charge in [0.05, 0.1) is 12.5 Å². The van der Waals surface area contributed by atoms with Crippen molar-refractivity contribution in [2.45, 2.75) is 26.9 Å². The zero-order valence-electron chi connectivity index (χ0n) is 17.4. The van der Waals surface area contributed by atoms with Crippen LogP contribution in [-0.4, -0.2) is 7.11 Å². The van der Waals surface area contributed by atoms with Crippen molar-refractivity contribution in [3.05, 3.63) is 105 Å². The van der Waals surface area contributed by atoms with Crippen LogP contribution in [0.5, 0.6) is 11.5 Å². The highest BCUT2D eigenvalue weighted by Crippen LogP contribution is 2.32. The Kier molecular flexibility index (Phi) is 5.57. The second kappa shape index (κ2) is 8.46. The zero-order valence-corrected chi connectivity index (χ0v) is 17.4. The van der Waals surface area contributed by atoms with E-state index in [9.17, 15) is 4.79 Å². The van der Waals surface area contributed by atoms with Crippen LogP contribution in [0.25, 0.3) is 11.0 Å². The van der Waals surface area contributed by atoms with Crippen molar-refractivity contribution in [2.75, 3.05) is 7.11 Å². The Morgan fingerprint density at radius 2 is 1.67 bits per heavy atom. The Morgan fingerprint density at radius 1 is 0.900 bits per heavy atom. The second-order valence-corrected chi connectivity index (χ2v) is 7.43. The molecule has 0 bridgehead atoms. The van der Waals surface area contributed by atoms with Crippen LogP contribution in [0.2, 0.25) is 0 Å². The number of aryl methyl sites for hydroxylation is 2. The summed E-state index contributed by atoms with van der Waals surface area (Å²) in [7, 11) is 1.65. The highest BCUT2D eigenvalue weighted by molar-refractivity contribution is 5.88. The van der Waals surface area contributed by atoms with Crippen LogP contribution in [0.15, 0.2) is 75.9 Å². The normalized spacial score (nSPS) is 10.9. The topological polar surface area (TPSA) is 48.7 Å². The van der Waals surface area contributed by atoms with E-state index in [0.717, 1.165) is 33.4 Å². The standard InChI is InChI=1S/C26H24O4/c1-17-12-23(29-16-20-10-7-11-21(14-20)28-3)25-18(2)22(26(27)30-24(25)13-17)15-19-8-5-4-6-9-19/h4-14H,15-16H2,1-3H3. The summed E-state index contributed by atoms with van der Waals surface area (Å²) in [4.78, 5) is 12.7. The van der Waals surface area contributed by atoms with Crippen LogP contribution >= 0.6 is 0 Å². The summed E-state index contributed by atoms with van der Waals surface area (Å²) in [6.07, 6.45) is 0.522. The minimum atomic E-state index is -0.298. The van der Waals surface area contributed by atoms with E-state index in [0.29, 0.717) is 29.9 Å². The summed E-state index contributed by atoms with van der Waals surface area (Å²) in [6, 6.07) is 21.6. The van der Waals surface area contributed by atoms with Crippen LogP contribution in [0.1, 0.15) is 27.8 Å². The predicted octanol–water partition coefficient (Wildman–Crippen LogP) is 5.59. The van der Waals surface area contributed by atoms with E-state index in [1.54, 1.807) is 7.11 Å². The average Bonchev–Trinajstić information content (AvgIpc) is 2.75. The van der Waals surface area contributed by atoms with Crippen molar-refractivity contribution in [3.63, 3.8) is 0 Å². The average molecular weight is 400 g/mol. The van der Waals surface area contributed by atoms with E-state index in [1.807, 2.05) is 80.6 Å². The smallest absolute Gasteiger partial charge is 0.340 e. The van der Waals surface area contributed by atoms with Crippen molar-refractivity contribution in [3.8, 4) is 11.5 Å². The fourth-order valence-corrected chi connectivity index (χ4v) is 3.68. The van der Waals surface area contributed by atoms with Gasteiger partial charge in [-0.1, -0.05) is 42.5 Å². The molecule has 0 aliphatic carbocycles. The summed E-state index contributed by atoms with van der Waals surface area (Å²) in [5.41, 5.74) is 4.85. The molecule has 0 saturated heterocycles. The van der Waals surface area contributed by atoms with E-state index in [1.165, 1.54) is 0 Å². The molecule has 0 aliphatic rings. The summed E-state index contributed by atoms with van der Waals surface area (Å²) in [6.45, 7) is 4.32. The molecule has 4 heteroatoms. The minimum Gasteiger partial charge on any atom is -0.497 e. The summed E-state index contributed by atoms with van der Waals surface area (Å²) >= 11 is 0.